The van der Waals surface area contributed by atoms with Crippen molar-refractivity contribution in [2.24, 2.45) is 0 Å². The number of carbonyl (C=O) groups excluding carboxylic acids is 1. The SMILES string of the molecule is COC(=O)C(O)c1cc(C2CCOC2)ccc1OC. The molecule has 104 valence electrons. The number of aliphatic hydroxyl groups is 1. The topological polar surface area (TPSA) is 65.0 Å². The van der Waals surface area contributed by atoms with Crippen LogP contribution in [0.15, 0.2) is 18.2 Å². The molecule has 19 heavy (non-hydrogen) atoms. The molecule has 0 spiro atoms. The third-order valence-electron chi connectivity index (χ3n) is 3.37. The Hall–Kier alpha value is -1.59. The lowest BCUT2D eigenvalue weighted by molar-refractivity contribution is -0.150. The molecule has 0 saturated carbocycles. The van der Waals surface area contributed by atoms with Crippen molar-refractivity contribution >= 4 is 5.97 Å². The Morgan fingerprint density at radius 2 is 2.26 bits per heavy atom. The molecule has 5 heteroatoms. The number of ether oxygens (including phenoxy) is 3. The third-order valence-corrected chi connectivity index (χ3v) is 3.37. The summed E-state index contributed by atoms with van der Waals surface area (Å²) >= 11 is 0. The molecule has 1 heterocycles. The van der Waals surface area contributed by atoms with Crippen molar-refractivity contribution in [2.75, 3.05) is 27.4 Å². The molecule has 2 rings (SSSR count). The number of rotatable bonds is 4. The summed E-state index contributed by atoms with van der Waals surface area (Å²) in [5.74, 6) is 0.0770. The lowest BCUT2D eigenvalue weighted by Crippen LogP contribution is -2.15. The summed E-state index contributed by atoms with van der Waals surface area (Å²) in [5, 5.41) is 9.98. The molecule has 1 aromatic carbocycles. The van der Waals surface area contributed by atoms with Gasteiger partial charge < -0.3 is 19.3 Å². The normalized spacial score (nSPS) is 20.1. The van der Waals surface area contributed by atoms with Gasteiger partial charge in [-0.05, 0) is 24.1 Å². The fraction of sp³-hybridized carbons (Fsp3) is 0.500. The fourth-order valence-electron chi connectivity index (χ4n) is 2.26. The number of carbonyl (C=O) groups is 1. The maximum Gasteiger partial charge on any atom is 0.339 e. The van der Waals surface area contributed by atoms with Crippen LogP contribution in [-0.4, -0.2) is 38.5 Å². The highest BCUT2D eigenvalue weighted by molar-refractivity contribution is 5.77. The van der Waals surface area contributed by atoms with Crippen LogP contribution >= 0.6 is 0 Å². The summed E-state index contributed by atoms with van der Waals surface area (Å²) in [6.07, 6.45) is -0.387. The van der Waals surface area contributed by atoms with Gasteiger partial charge in [-0.1, -0.05) is 6.07 Å². The first-order chi connectivity index (χ1) is 9.17. The van der Waals surface area contributed by atoms with Gasteiger partial charge >= 0.3 is 5.97 Å². The second-order valence-electron chi connectivity index (χ2n) is 4.49. The van der Waals surface area contributed by atoms with E-state index in [-0.39, 0.29) is 0 Å². The molecule has 5 nitrogen and oxygen atoms in total. The Morgan fingerprint density at radius 3 is 2.84 bits per heavy atom. The van der Waals surface area contributed by atoms with Crippen molar-refractivity contribution in [3.8, 4) is 5.75 Å². The second-order valence-corrected chi connectivity index (χ2v) is 4.49. The van der Waals surface area contributed by atoms with Crippen LogP contribution in [0.1, 0.15) is 29.6 Å². The van der Waals surface area contributed by atoms with Crippen LogP contribution in [0, 0.1) is 0 Å². The second kappa shape index (κ2) is 6.04. The molecule has 2 unspecified atom stereocenters. The van der Waals surface area contributed by atoms with E-state index in [9.17, 15) is 9.90 Å². The largest absolute Gasteiger partial charge is 0.496 e. The maximum atomic E-state index is 11.5. The Kier molecular flexibility index (Phi) is 4.39. The van der Waals surface area contributed by atoms with Crippen molar-refractivity contribution in [1.29, 1.82) is 0 Å². The molecule has 0 bridgehead atoms. The Balaban J connectivity index is 2.32. The highest BCUT2D eigenvalue weighted by Crippen LogP contribution is 2.32. The lowest BCUT2D eigenvalue weighted by atomic mass is 9.94. The molecule has 1 fully saturated rings. The molecule has 1 N–H and O–H groups in total. The van der Waals surface area contributed by atoms with Crippen LogP contribution in [0.3, 0.4) is 0 Å². The van der Waals surface area contributed by atoms with Gasteiger partial charge in [-0.25, -0.2) is 4.79 Å². The molecule has 0 amide bonds. The zero-order valence-electron chi connectivity index (χ0n) is 11.1. The van der Waals surface area contributed by atoms with Crippen molar-refractivity contribution < 1.29 is 24.1 Å². The van der Waals surface area contributed by atoms with Gasteiger partial charge in [0.1, 0.15) is 5.75 Å². The lowest BCUT2D eigenvalue weighted by Gasteiger charge is -2.16. The monoisotopic (exact) mass is 266 g/mol. The number of aliphatic hydroxyl groups excluding tert-OH is 1. The van der Waals surface area contributed by atoms with Crippen molar-refractivity contribution in [2.45, 2.75) is 18.4 Å². The Labute approximate surface area is 112 Å². The number of hydrogen-bond donors (Lipinski definition) is 1. The van der Waals surface area contributed by atoms with Gasteiger partial charge in [0, 0.05) is 18.1 Å². The van der Waals surface area contributed by atoms with Gasteiger partial charge in [0.25, 0.3) is 0 Å². The first-order valence-electron chi connectivity index (χ1n) is 6.18. The van der Waals surface area contributed by atoms with Crippen LogP contribution in [-0.2, 0) is 14.3 Å². The van der Waals surface area contributed by atoms with E-state index in [1.165, 1.54) is 14.2 Å². The molecule has 0 radical (unpaired) electrons. The highest BCUT2D eigenvalue weighted by atomic mass is 16.5. The minimum atomic E-state index is -1.33. The van der Waals surface area contributed by atoms with Crippen LogP contribution in [0.4, 0.5) is 0 Å². The molecule has 1 aromatic rings. The summed E-state index contributed by atoms with van der Waals surface area (Å²) in [6.45, 7) is 1.41. The van der Waals surface area contributed by atoms with Gasteiger partial charge in [0.2, 0.25) is 0 Å². The zero-order chi connectivity index (χ0) is 13.8. The van der Waals surface area contributed by atoms with E-state index in [0.29, 0.717) is 23.8 Å². The van der Waals surface area contributed by atoms with Gasteiger partial charge in [-0.2, -0.15) is 0 Å². The number of benzene rings is 1. The molecule has 2 atom stereocenters. The molecule has 0 aliphatic carbocycles. The average Bonchev–Trinajstić information content (AvgIpc) is 2.99. The van der Waals surface area contributed by atoms with Crippen molar-refractivity contribution in [3.63, 3.8) is 0 Å². The van der Waals surface area contributed by atoms with E-state index >= 15 is 0 Å². The highest BCUT2D eigenvalue weighted by Gasteiger charge is 2.25. The standard InChI is InChI=1S/C14H18O5/c1-17-12-4-3-9(10-5-6-19-8-10)7-11(12)13(15)14(16)18-2/h3-4,7,10,13,15H,5-6,8H2,1-2H3. The summed E-state index contributed by atoms with van der Waals surface area (Å²) in [7, 11) is 2.74. The fourth-order valence-corrected chi connectivity index (χ4v) is 2.26. The van der Waals surface area contributed by atoms with Crippen LogP contribution < -0.4 is 4.74 Å². The van der Waals surface area contributed by atoms with Gasteiger partial charge in [-0.15, -0.1) is 0 Å². The summed E-state index contributed by atoms with van der Waals surface area (Å²) in [4.78, 5) is 11.5. The number of esters is 1. The van der Waals surface area contributed by atoms with E-state index < -0.39 is 12.1 Å². The Bertz CT molecular complexity index is 451. The summed E-state index contributed by atoms with van der Waals surface area (Å²) < 4.78 is 15.1. The minimum absolute atomic E-state index is 0.300. The van der Waals surface area contributed by atoms with Crippen LogP contribution in [0.5, 0.6) is 5.75 Å². The van der Waals surface area contributed by atoms with E-state index in [2.05, 4.69) is 4.74 Å². The first kappa shape index (κ1) is 13.8. The van der Waals surface area contributed by atoms with Crippen LogP contribution in [0.25, 0.3) is 0 Å². The quantitative estimate of drug-likeness (QED) is 0.835. The molecule has 1 aliphatic rings. The number of methoxy groups -OCH3 is 2. The summed E-state index contributed by atoms with van der Waals surface area (Å²) in [6, 6.07) is 5.49. The van der Waals surface area contributed by atoms with Crippen LogP contribution in [0.2, 0.25) is 0 Å². The minimum Gasteiger partial charge on any atom is -0.496 e. The predicted octanol–water partition coefficient (Wildman–Crippen LogP) is 1.41. The first-order valence-corrected chi connectivity index (χ1v) is 6.18. The third kappa shape index (κ3) is 2.88. The zero-order valence-corrected chi connectivity index (χ0v) is 11.1. The van der Waals surface area contributed by atoms with Gasteiger partial charge in [-0.3, -0.25) is 0 Å². The van der Waals surface area contributed by atoms with Crippen molar-refractivity contribution in [3.05, 3.63) is 29.3 Å². The number of hydrogen-bond acceptors (Lipinski definition) is 5. The molecule has 1 saturated heterocycles. The van der Waals surface area contributed by atoms with E-state index in [0.717, 1.165) is 18.6 Å². The molecule has 0 aromatic heterocycles. The molecular weight excluding hydrogens is 248 g/mol. The van der Waals surface area contributed by atoms with E-state index in [1.807, 2.05) is 6.07 Å². The summed E-state index contributed by atoms with van der Waals surface area (Å²) in [5.41, 5.74) is 1.47. The molecule has 1 aliphatic heterocycles. The van der Waals surface area contributed by atoms with Gasteiger partial charge in [0.05, 0.1) is 20.8 Å². The smallest absolute Gasteiger partial charge is 0.339 e. The van der Waals surface area contributed by atoms with Gasteiger partial charge in [0.15, 0.2) is 6.10 Å². The maximum absolute atomic E-state index is 11.5. The van der Waals surface area contributed by atoms with E-state index in [4.69, 9.17) is 9.47 Å². The van der Waals surface area contributed by atoms with Crippen molar-refractivity contribution in [1.82, 2.24) is 0 Å². The predicted molar refractivity (Wildman–Crippen MR) is 68.1 cm³/mol. The Morgan fingerprint density at radius 1 is 1.47 bits per heavy atom. The average molecular weight is 266 g/mol. The van der Waals surface area contributed by atoms with E-state index in [1.54, 1.807) is 12.1 Å². The molecular formula is C14H18O5.